The van der Waals surface area contributed by atoms with Crippen LogP contribution in [-0.4, -0.2) is 75.1 Å². The average molecular weight is 518 g/mol. The number of amides is 3. The molecule has 1 aromatic heterocycles. The summed E-state index contributed by atoms with van der Waals surface area (Å²) in [5, 5.41) is 16.1. The highest BCUT2D eigenvalue weighted by Gasteiger charge is 2.37. The molecule has 6 N–H and O–H groups in total. The van der Waals surface area contributed by atoms with Gasteiger partial charge >= 0.3 is 5.97 Å². The smallest absolute Gasteiger partial charge is 0.326 e. The Bertz CT molecular complexity index is 1100. The highest BCUT2D eigenvalue weighted by Crippen LogP contribution is 2.21. The van der Waals surface area contributed by atoms with Crippen molar-refractivity contribution in [2.24, 2.45) is 11.7 Å². The van der Waals surface area contributed by atoms with Crippen molar-refractivity contribution in [3.05, 3.63) is 36.0 Å². The van der Waals surface area contributed by atoms with Crippen molar-refractivity contribution in [1.29, 1.82) is 0 Å². The summed E-state index contributed by atoms with van der Waals surface area (Å²) in [4.78, 5) is 55.5. The van der Waals surface area contributed by atoms with Gasteiger partial charge in [0.1, 0.15) is 18.1 Å². The molecule has 2 heterocycles. The van der Waals surface area contributed by atoms with Gasteiger partial charge in [0, 0.05) is 35.8 Å². The summed E-state index contributed by atoms with van der Waals surface area (Å²) in [5.41, 5.74) is 7.47. The second-order valence-corrected chi connectivity index (χ2v) is 10.00. The summed E-state index contributed by atoms with van der Waals surface area (Å²) in [6.45, 7) is 4.22. The number of likely N-dealkylation sites (tertiary alicyclic amines) is 1. The van der Waals surface area contributed by atoms with Crippen LogP contribution in [0, 0.1) is 5.92 Å². The number of carbonyl (C=O) groups excluding carboxylic acids is 3. The second-order valence-electron chi connectivity index (χ2n) is 9.63. The Morgan fingerprint density at radius 2 is 1.92 bits per heavy atom. The van der Waals surface area contributed by atoms with Crippen LogP contribution >= 0.6 is 12.6 Å². The third kappa shape index (κ3) is 6.58. The molecular formula is C25H35N5O5S. The number of aromatic amines is 1. The zero-order valence-corrected chi connectivity index (χ0v) is 21.5. The van der Waals surface area contributed by atoms with Gasteiger partial charge in [-0.1, -0.05) is 32.0 Å². The number of carbonyl (C=O) groups is 4. The summed E-state index contributed by atoms with van der Waals surface area (Å²) in [6, 6.07) is 3.86. The van der Waals surface area contributed by atoms with E-state index in [1.54, 1.807) is 6.20 Å². The SMILES string of the molecule is CC(C)CC(NC(=O)C1CCCN1C(=O)C(N)CS)C(=O)NC(Cc1c[nH]c2ccccc12)C(=O)O. The Balaban J connectivity index is 1.72. The number of thiol groups is 1. The van der Waals surface area contributed by atoms with Gasteiger partial charge in [-0.25, -0.2) is 4.79 Å². The molecule has 1 saturated heterocycles. The molecule has 1 aliphatic heterocycles. The Hall–Kier alpha value is -3.05. The predicted molar refractivity (Wildman–Crippen MR) is 140 cm³/mol. The number of para-hydroxylation sites is 1. The lowest BCUT2D eigenvalue weighted by atomic mass is 10.0. The maximum Gasteiger partial charge on any atom is 0.326 e. The topological polar surface area (TPSA) is 158 Å². The standard InChI is InChI=1S/C25H35N5O5S/c1-14(2)10-19(28-23(32)21-8-5-9-30(21)24(33)17(26)13-36)22(31)29-20(25(34)35)11-15-12-27-18-7-4-3-6-16(15)18/h3-4,6-7,12,14,17,19-21,27,36H,5,8-11,13,26H2,1-2H3,(H,28,32)(H,29,31)(H,34,35). The number of aromatic nitrogens is 1. The summed E-state index contributed by atoms with van der Waals surface area (Å²) in [5.74, 6) is -2.33. The van der Waals surface area contributed by atoms with Crippen LogP contribution < -0.4 is 16.4 Å². The molecule has 10 nitrogen and oxygen atoms in total. The number of carboxylic acids is 1. The van der Waals surface area contributed by atoms with E-state index in [1.807, 2.05) is 38.1 Å². The highest BCUT2D eigenvalue weighted by atomic mass is 32.1. The van der Waals surface area contributed by atoms with E-state index in [9.17, 15) is 24.3 Å². The molecule has 36 heavy (non-hydrogen) atoms. The van der Waals surface area contributed by atoms with E-state index in [0.29, 0.717) is 25.8 Å². The molecule has 3 rings (SSSR count). The zero-order chi connectivity index (χ0) is 26.4. The average Bonchev–Trinajstić information content (AvgIpc) is 3.49. The van der Waals surface area contributed by atoms with Crippen LogP contribution in [0.25, 0.3) is 10.9 Å². The summed E-state index contributed by atoms with van der Waals surface area (Å²) < 4.78 is 0. The number of nitrogens with two attached hydrogens (primary N) is 1. The molecule has 11 heteroatoms. The fraction of sp³-hybridized carbons (Fsp3) is 0.520. The summed E-state index contributed by atoms with van der Waals surface area (Å²) in [6.07, 6.45) is 3.25. The van der Waals surface area contributed by atoms with Crippen molar-refractivity contribution in [2.75, 3.05) is 12.3 Å². The highest BCUT2D eigenvalue weighted by molar-refractivity contribution is 7.80. The molecule has 1 aromatic carbocycles. The number of H-pyrrole nitrogens is 1. The quantitative estimate of drug-likeness (QED) is 0.245. The number of carboxylic acid groups (broad SMARTS) is 1. The molecule has 4 unspecified atom stereocenters. The van der Waals surface area contributed by atoms with Gasteiger partial charge in [0.05, 0.1) is 6.04 Å². The molecule has 196 valence electrons. The Kier molecular flexibility index (Phi) is 9.38. The number of nitrogens with zero attached hydrogens (tertiary/aromatic N) is 1. The van der Waals surface area contributed by atoms with Crippen LogP contribution in [0.3, 0.4) is 0 Å². The summed E-state index contributed by atoms with van der Waals surface area (Å²) in [7, 11) is 0. The van der Waals surface area contributed by atoms with Gasteiger partial charge in [0.15, 0.2) is 0 Å². The van der Waals surface area contributed by atoms with Crippen molar-refractivity contribution < 1.29 is 24.3 Å². The van der Waals surface area contributed by atoms with E-state index in [2.05, 4.69) is 28.2 Å². The summed E-state index contributed by atoms with van der Waals surface area (Å²) >= 11 is 4.07. The number of nitrogens with one attached hydrogen (secondary N) is 3. The molecule has 0 radical (unpaired) electrons. The lowest BCUT2D eigenvalue weighted by Gasteiger charge is -2.29. The molecule has 4 atom stereocenters. The van der Waals surface area contributed by atoms with Crippen molar-refractivity contribution in [1.82, 2.24) is 20.5 Å². The molecule has 0 saturated carbocycles. The second kappa shape index (κ2) is 12.3. The van der Waals surface area contributed by atoms with Crippen LogP contribution in [-0.2, 0) is 25.6 Å². The van der Waals surface area contributed by atoms with Gasteiger partial charge < -0.3 is 31.4 Å². The minimum Gasteiger partial charge on any atom is -0.480 e. The van der Waals surface area contributed by atoms with Crippen LogP contribution in [0.4, 0.5) is 0 Å². The van der Waals surface area contributed by atoms with Gasteiger partial charge in [0.25, 0.3) is 0 Å². The lowest BCUT2D eigenvalue weighted by Crippen LogP contribution is -2.57. The van der Waals surface area contributed by atoms with Crippen molar-refractivity contribution in [2.45, 2.75) is 63.7 Å². The molecule has 0 aliphatic carbocycles. The van der Waals surface area contributed by atoms with E-state index in [-0.39, 0.29) is 24.0 Å². The number of rotatable bonds is 11. The van der Waals surface area contributed by atoms with Gasteiger partial charge in [-0.2, -0.15) is 12.6 Å². The lowest BCUT2D eigenvalue weighted by molar-refractivity contribution is -0.143. The molecule has 1 aliphatic rings. The number of aliphatic carboxylic acids is 1. The van der Waals surface area contributed by atoms with Crippen LogP contribution in [0.2, 0.25) is 0 Å². The first-order valence-electron chi connectivity index (χ1n) is 12.2. The van der Waals surface area contributed by atoms with Crippen LogP contribution in [0.5, 0.6) is 0 Å². The molecule has 2 aromatic rings. The fourth-order valence-electron chi connectivity index (χ4n) is 4.56. The van der Waals surface area contributed by atoms with Crippen molar-refractivity contribution >= 4 is 47.2 Å². The first kappa shape index (κ1) is 27.5. The molecule has 3 amide bonds. The number of fused-ring (bicyclic) bond motifs is 1. The Morgan fingerprint density at radius 1 is 1.19 bits per heavy atom. The zero-order valence-electron chi connectivity index (χ0n) is 20.6. The predicted octanol–water partition coefficient (Wildman–Crippen LogP) is 1.06. The van der Waals surface area contributed by atoms with E-state index < -0.39 is 42.0 Å². The van der Waals surface area contributed by atoms with Gasteiger partial charge in [0.2, 0.25) is 17.7 Å². The van der Waals surface area contributed by atoms with Gasteiger partial charge in [-0.15, -0.1) is 0 Å². The minimum atomic E-state index is -1.18. The van der Waals surface area contributed by atoms with Gasteiger partial charge in [-0.05, 0) is 36.8 Å². The molecular weight excluding hydrogens is 482 g/mol. The fourth-order valence-corrected chi connectivity index (χ4v) is 4.71. The Labute approximate surface area is 215 Å². The molecule has 0 spiro atoms. The normalized spacial score (nSPS) is 18.1. The van der Waals surface area contributed by atoms with E-state index >= 15 is 0 Å². The third-order valence-corrected chi connectivity index (χ3v) is 6.80. The molecule has 1 fully saturated rings. The largest absolute Gasteiger partial charge is 0.480 e. The maximum atomic E-state index is 13.2. The monoisotopic (exact) mass is 517 g/mol. The van der Waals surface area contributed by atoms with E-state index in [4.69, 9.17) is 5.73 Å². The number of benzene rings is 1. The van der Waals surface area contributed by atoms with Gasteiger partial charge in [-0.3, -0.25) is 14.4 Å². The number of hydrogen-bond donors (Lipinski definition) is 6. The number of hydrogen-bond acceptors (Lipinski definition) is 6. The van der Waals surface area contributed by atoms with Crippen LogP contribution in [0.15, 0.2) is 30.5 Å². The van der Waals surface area contributed by atoms with Crippen LogP contribution in [0.1, 0.15) is 38.7 Å². The van der Waals surface area contributed by atoms with Crippen molar-refractivity contribution in [3.8, 4) is 0 Å². The minimum absolute atomic E-state index is 0.0527. The third-order valence-electron chi connectivity index (χ3n) is 6.41. The van der Waals surface area contributed by atoms with Crippen molar-refractivity contribution in [3.63, 3.8) is 0 Å². The van der Waals surface area contributed by atoms with E-state index in [1.165, 1.54) is 4.90 Å². The van der Waals surface area contributed by atoms with E-state index in [0.717, 1.165) is 16.5 Å². The maximum absolute atomic E-state index is 13.2. The first-order chi connectivity index (χ1) is 17.1. The molecule has 0 bridgehead atoms. The first-order valence-corrected chi connectivity index (χ1v) is 12.8. The Morgan fingerprint density at radius 3 is 2.58 bits per heavy atom.